The van der Waals surface area contributed by atoms with Gasteiger partial charge in [0.05, 0.1) is 17.1 Å². The second-order valence-electron chi connectivity index (χ2n) is 5.45. The number of aromatic nitrogens is 1. The number of halogens is 1. The summed E-state index contributed by atoms with van der Waals surface area (Å²) in [5.74, 6) is -0.315. The van der Waals surface area contributed by atoms with Crippen LogP contribution in [0.3, 0.4) is 0 Å². The van der Waals surface area contributed by atoms with Crippen LogP contribution in [-0.2, 0) is 9.84 Å². The van der Waals surface area contributed by atoms with Crippen LogP contribution in [0.25, 0.3) is 0 Å². The van der Waals surface area contributed by atoms with E-state index in [9.17, 15) is 17.6 Å². The van der Waals surface area contributed by atoms with Crippen molar-refractivity contribution in [3.8, 4) is 0 Å². The lowest BCUT2D eigenvalue weighted by Gasteiger charge is -2.34. The molecule has 1 aliphatic heterocycles. The highest BCUT2D eigenvalue weighted by atomic mass is 32.2. The number of rotatable bonds is 2. The summed E-state index contributed by atoms with van der Waals surface area (Å²) in [5.41, 5.74) is 0.207. The first-order valence-electron chi connectivity index (χ1n) is 7.05. The highest BCUT2D eigenvalue weighted by Gasteiger charge is 2.37. The SMILES string of the molecule is Cc1ccc(C2CS(=O)(=O)CCN2C(=O)c2ccc(F)nc2)o1. The maximum Gasteiger partial charge on any atom is 0.256 e. The van der Waals surface area contributed by atoms with E-state index in [1.54, 1.807) is 19.1 Å². The second-order valence-corrected chi connectivity index (χ2v) is 7.68. The molecule has 1 aliphatic rings. The molecule has 0 aromatic carbocycles. The molecule has 0 spiro atoms. The average molecular weight is 338 g/mol. The number of hydrogen-bond acceptors (Lipinski definition) is 5. The van der Waals surface area contributed by atoms with E-state index in [4.69, 9.17) is 4.42 Å². The minimum atomic E-state index is -3.26. The fraction of sp³-hybridized carbons (Fsp3) is 0.333. The molecule has 0 N–H and O–H groups in total. The zero-order chi connectivity index (χ0) is 16.6. The number of hydrogen-bond donors (Lipinski definition) is 0. The summed E-state index contributed by atoms with van der Waals surface area (Å²) in [6.07, 6.45) is 1.14. The van der Waals surface area contributed by atoms with Crippen LogP contribution in [0.4, 0.5) is 4.39 Å². The van der Waals surface area contributed by atoms with Gasteiger partial charge in [0.1, 0.15) is 17.6 Å². The Labute approximate surface area is 132 Å². The van der Waals surface area contributed by atoms with E-state index >= 15 is 0 Å². The normalized spacial score (nSPS) is 20.4. The first-order valence-corrected chi connectivity index (χ1v) is 8.87. The number of carbonyl (C=O) groups excluding carboxylic acids is 1. The van der Waals surface area contributed by atoms with Crippen molar-refractivity contribution in [2.75, 3.05) is 18.1 Å². The second kappa shape index (κ2) is 5.77. The summed E-state index contributed by atoms with van der Waals surface area (Å²) in [6, 6.07) is 5.13. The van der Waals surface area contributed by atoms with Crippen LogP contribution in [0, 0.1) is 12.9 Å². The number of carbonyl (C=O) groups is 1. The maximum absolute atomic E-state index is 12.9. The quantitative estimate of drug-likeness (QED) is 0.779. The number of amides is 1. The van der Waals surface area contributed by atoms with Gasteiger partial charge >= 0.3 is 0 Å². The highest BCUT2D eigenvalue weighted by Crippen LogP contribution is 2.29. The van der Waals surface area contributed by atoms with Crippen molar-refractivity contribution in [2.24, 2.45) is 0 Å². The smallest absolute Gasteiger partial charge is 0.256 e. The van der Waals surface area contributed by atoms with Gasteiger partial charge in [-0.25, -0.2) is 13.4 Å². The van der Waals surface area contributed by atoms with Crippen molar-refractivity contribution in [3.63, 3.8) is 0 Å². The summed E-state index contributed by atoms with van der Waals surface area (Å²) >= 11 is 0. The standard InChI is InChI=1S/C15H15FN2O4S/c1-10-2-4-13(22-10)12-9-23(20,21)7-6-18(12)15(19)11-3-5-14(16)17-8-11/h2-5,8,12H,6-7,9H2,1H3. The Kier molecular flexibility index (Phi) is 3.93. The molecule has 2 aromatic heterocycles. The largest absolute Gasteiger partial charge is 0.464 e. The van der Waals surface area contributed by atoms with Crippen molar-refractivity contribution in [3.05, 3.63) is 53.5 Å². The van der Waals surface area contributed by atoms with Crippen LogP contribution in [-0.4, -0.2) is 42.3 Å². The lowest BCUT2D eigenvalue weighted by atomic mass is 10.1. The Morgan fingerprint density at radius 1 is 1.35 bits per heavy atom. The molecule has 122 valence electrons. The first-order chi connectivity index (χ1) is 10.9. The number of aryl methyl sites for hydroxylation is 1. The Balaban J connectivity index is 1.94. The van der Waals surface area contributed by atoms with E-state index in [2.05, 4.69) is 4.98 Å². The first kappa shape index (κ1) is 15.7. The highest BCUT2D eigenvalue weighted by molar-refractivity contribution is 7.91. The molecule has 0 saturated carbocycles. The van der Waals surface area contributed by atoms with E-state index in [0.717, 1.165) is 12.3 Å². The predicted octanol–water partition coefficient (Wildman–Crippen LogP) is 1.73. The van der Waals surface area contributed by atoms with Gasteiger partial charge in [-0.2, -0.15) is 4.39 Å². The molecular formula is C15H15FN2O4S. The van der Waals surface area contributed by atoms with Crippen molar-refractivity contribution >= 4 is 15.7 Å². The molecule has 0 radical (unpaired) electrons. The van der Waals surface area contributed by atoms with E-state index in [0.29, 0.717) is 11.5 Å². The Hall–Kier alpha value is -2.22. The van der Waals surface area contributed by atoms with Gasteiger partial charge in [0.2, 0.25) is 5.95 Å². The molecule has 3 heterocycles. The molecule has 1 fully saturated rings. The van der Waals surface area contributed by atoms with Gasteiger partial charge in [0, 0.05) is 12.7 Å². The van der Waals surface area contributed by atoms with Gasteiger partial charge in [0.15, 0.2) is 9.84 Å². The summed E-state index contributed by atoms with van der Waals surface area (Å²) in [6.45, 7) is 1.81. The molecule has 8 heteroatoms. The van der Waals surface area contributed by atoms with Crippen LogP contribution >= 0.6 is 0 Å². The van der Waals surface area contributed by atoms with E-state index in [1.165, 1.54) is 11.0 Å². The summed E-state index contributed by atoms with van der Waals surface area (Å²) in [4.78, 5) is 17.5. The van der Waals surface area contributed by atoms with E-state index < -0.39 is 27.7 Å². The summed E-state index contributed by atoms with van der Waals surface area (Å²) in [5, 5.41) is 0. The van der Waals surface area contributed by atoms with Gasteiger partial charge in [-0.1, -0.05) is 0 Å². The number of pyridine rings is 1. The molecule has 1 atom stereocenters. The van der Waals surface area contributed by atoms with Gasteiger partial charge < -0.3 is 9.32 Å². The van der Waals surface area contributed by atoms with Gasteiger partial charge in [0.25, 0.3) is 5.91 Å². The van der Waals surface area contributed by atoms with Crippen molar-refractivity contribution in [1.29, 1.82) is 0 Å². The summed E-state index contributed by atoms with van der Waals surface area (Å²) in [7, 11) is -3.26. The fourth-order valence-electron chi connectivity index (χ4n) is 2.59. The van der Waals surface area contributed by atoms with Crippen molar-refractivity contribution in [1.82, 2.24) is 9.88 Å². The van der Waals surface area contributed by atoms with Gasteiger partial charge in [-0.05, 0) is 31.2 Å². The Morgan fingerprint density at radius 2 is 2.13 bits per heavy atom. The lowest BCUT2D eigenvalue weighted by molar-refractivity contribution is 0.0676. The molecule has 0 bridgehead atoms. The van der Waals surface area contributed by atoms with Crippen LogP contribution in [0.1, 0.15) is 27.9 Å². The molecule has 23 heavy (non-hydrogen) atoms. The molecule has 1 unspecified atom stereocenters. The van der Waals surface area contributed by atoms with E-state index in [-0.39, 0.29) is 23.6 Å². The molecule has 2 aromatic rings. The lowest BCUT2D eigenvalue weighted by Crippen LogP contribution is -2.46. The molecular weight excluding hydrogens is 323 g/mol. The van der Waals surface area contributed by atoms with Gasteiger partial charge in [-0.15, -0.1) is 0 Å². The zero-order valence-electron chi connectivity index (χ0n) is 12.4. The van der Waals surface area contributed by atoms with Crippen molar-refractivity contribution in [2.45, 2.75) is 13.0 Å². The number of sulfone groups is 1. The number of nitrogens with zero attached hydrogens (tertiary/aromatic N) is 2. The molecule has 3 rings (SSSR count). The minimum absolute atomic E-state index is 0.0585. The molecule has 6 nitrogen and oxygen atoms in total. The number of furan rings is 1. The molecule has 0 aliphatic carbocycles. The predicted molar refractivity (Wildman–Crippen MR) is 80.1 cm³/mol. The van der Waals surface area contributed by atoms with Crippen LogP contribution < -0.4 is 0 Å². The Bertz CT molecular complexity index is 829. The van der Waals surface area contributed by atoms with Crippen molar-refractivity contribution < 1.29 is 22.0 Å². The molecule has 1 amide bonds. The fourth-order valence-corrected chi connectivity index (χ4v) is 4.05. The average Bonchev–Trinajstić information content (AvgIpc) is 2.93. The van der Waals surface area contributed by atoms with E-state index in [1.807, 2.05) is 0 Å². The zero-order valence-corrected chi connectivity index (χ0v) is 13.2. The van der Waals surface area contributed by atoms with Gasteiger partial charge in [-0.3, -0.25) is 4.79 Å². The third-order valence-electron chi connectivity index (χ3n) is 3.76. The topological polar surface area (TPSA) is 80.5 Å². The summed E-state index contributed by atoms with van der Waals surface area (Å²) < 4.78 is 42.3. The van der Waals surface area contributed by atoms with Crippen LogP contribution in [0.2, 0.25) is 0 Å². The monoisotopic (exact) mass is 338 g/mol. The Morgan fingerprint density at radius 3 is 2.74 bits per heavy atom. The molecule has 1 saturated heterocycles. The van der Waals surface area contributed by atoms with Crippen LogP contribution in [0.5, 0.6) is 0 Å². The van der Waals surface area contributed by atoms with Crippen LogP contribution in [0.15, 0.2) is 34.9 Å². The minimum Gasteiger partial charge on any atom is -0.464 e. The third-order valence-corrected chi connectivity index (χ3v) is 5.38. The maximum atomic E-state index is 12.9. The third kappa shape index (κ3) is 3.26.